The summed E-state index contributed by atoms with van der Waals surface area (Å²) in [4.78, 5) is 14.1. The van der Waals surface area contributed by atoms with E-state index in [-0.39, 0.29) is 17.9 Å². The molecule has 0 unspecified atom stereocenters. The second-order valence-corrected chi connectivity index (χ2v) is 7.15. The van der Waals surface area contributed by atoms with Gasteiger partial charge in [-0.1, -0.05) is 32.0 Å². The number of carbonyl (C=O) groups is 1. The van der Waals surface area contributed by atoms with Crippen LogP contribution >= 0.6 is 0 Å². The van der Waals surface area contributed by atoms with Crippen LogP contribution in [0.1, 0.15) is 19.4 Å². The standard InChI is InChI=1S/C22H26N4O2/c1-22(2)18-7-5-6-8-19(18)26(3)20(22)13-14-24-25-21(27)15-23-16-9-11-17(28-4)12-10-16/h5-14,23H,15H2,1-4H3,(H,25,27)/b20-13+,24-14-. The molecule has 1 heterocycles. The Kier molecular flexibility index (Phi) is 5.68. The van der Waals surface area contributed by atoms with Gasteiger partial charge in [0, 0.05) is 35.7 Å². The monoisotopic (exact) mass is 378 g/mol. The zero-order valence-corrected chi connectivity index (χ0v) is 16.7. The predicted molar refractivity (Wildman–Crippen MR) is 114 cm³/mol. The number of nitrogens with one attached hydrogen (secondary N) is 2. The molecule has 2 aromatic carbocycles. The molecule has 0 spiro atoms. The van der Waals surface area contributed by atoms with Gasteiger partial charge in [-0.25, -0.2) is 5.43 Å². The van der Waals surface area contributed by atoms with Crippen LogP contribution in [0.2, 0.25) is 0 Å². The third kappa shape index (κ3) is 4.01. The molecule has 0 aliphatic carbocycles. The summed E-state index contributed by atoms with van der Waals surface area (Å²) >= 11 is 0. The van der Waals surface area contributed by atoms with Gasteiger partial charge in [-0.15, -0.1) is 0 Å². The highest BCUT2D eigenvalue weighted by atomic mass is 16.5. The molecule has 2 aromatic rings. The van der Waals surface area contributed by atoms with Crippen molar-refractivity contribution in [1.82, 2.24) is 5.43 Å². The van der Waals surface area contributed by atoms with Crippen LogP contribution in [0.4, 0.5) is 11.4 Å². The van der Waals surface area contributed by atoms with Crippen LogP contribution in [0, 0.1) is 0 Å². The Morgan fingerprint density at radius 2 is 1.89 bits per heavy atom. The second-order valence-electron chi connectivity index (χ2n) is 7.15. The maximum Gasteiger partial charge on any atom is 0.259 e. The number of nitrogens with zero attached hydrogens (tertiary/aromatic N) is 2. The number of rotatable bonds is 6. The minimum atomic E-state index is -0.215. The fraction of sp³-hybridized carbons (Fsp3) is 0.273. The van der Waals surface area contributed by atoms with E-state index in [1.165, 1.54) is 11.3 Å². The summed E-state index contributed by atoms with van der Waals surface area (Å²) in [6.45, 7) is 4.51. The van der Waals surface area contributed by atoms with E-state index < -0.39 is 0 Å². The lowest BCUT2D eigenvalue weighted by Crippen LogP contribution is -2.26. The molecule has 146 valence electrons. The number of benzene rings is 2. The third-order valence-electron chi connectivity index (χ3n) is 4.98. The largest absolute Gasteiger partial charge is 0.497 e. The maximum absolute atomic E-state index is 12.0. The number of fused-ring (bicyclic) bond motifs is 1. The van der Waals surface area contributed by atoms with Gasteiger partial charge in [0.15, 0.2) is 0 Å². The maximum atomic E-state index is 12.0. The number of allylic oxidation sites excluding steroid dienone is 2. The number of amides is 1. The molecule has 0 bridgehead atoms. The summed E-state index contributed by atoms with van der Waals surface area (Å²) < 4.78 is 5.11. The second kappa shape index (κ2) is 8.17. The SMILES string of the molecule is COc1ccc(NCC(=O)N/N=C\C=C2\N(C)c3ccccc3C2(C)C)cc1. The molecule has 1 aliphatic heterocycles. The van der Waals surface area contributed by atoms with E-state index in [2.05, 4.69) is 52.8 Å². The van der Waals surface area contributed by atoms with E-state index in [1.54, 1.807) is 13.3 Å². The quantitative estimate of drug-likeness (QED) is 0.596. The average Bonchev–Trinajstić information content (AvgIpc) is 2.90. The Balaban J connectivity index is 1.55. The minimum Gasteiger partial charge on any atom is -0.497 e. The summed E-state index contributed by atoms with van der Waals surface area (Å²) in [7, 11) is 3.66. The van der Waals surface area contributed by atoms with Crippen LogP contribution in [-0.4, -0.2) is 32.8 Å². The van der Waals surface area contributed by atoms with Crippen LogP contribution in [0.5, 0.6) is 5.75 Å². The fourth-order valence-electron chi connectivity index (χ4n) is 3.45. The molecule has 6 heteroatoms. The van der Waals surface area contributed by atoms with Gasteiger partial charge < -0.3 is 15.0 Å². The zero-order chi connectivity index (χ0) is 20.1. The van der Waals surface area contributed by atoms with Crippen LogP contribution < -0.4 is 20.4 Å². The van der Waals surface area contributed by atoms with Gasteiger partial charge >= 0.3 is 0 Å². The van der Waals surface area contributed by atoms with Crippen molar-refractivity contribution < 1.29 is 9.53 Å². The Bertz CT molecular complexity index is 901. The molecule has 6 nitrogen and oxygen atoms in total. The lowest BCUT2D eigenvalue weighted by molar-refractivity contribution is -0.119. The van der Waals surface area contributed by atoms with Crippen molar-refractivity contribution in [1.29, 1.82) is 0 Å². The first-order valence-electron chi connectivity index (χ1n) is 9.17. The van der Waals surface area contributed by atoms with Crippen molar-refractivity contribution in [3.05, 3.63) is 65.9 Å². The molecule has 0 saturated carbocycles. The number of methoxy groups -OCH3 is 1. The number of hydrazone groups is 1. The average molecular weight is 378 g/mol. The normalized spacial score (nSPS) is 16.3. The van der Waals surface area contributed by atoms with E-state index in [0.717, 1.165) is 17.1 Å². The third-order valence-corrected chi connectivity index (χ3v) is 4.98. The van der Waals surface area contributed by atoms with Crippen LogP contribution in [0.15, 0.2) is 65.4 Å². The summed E-state index contributed by atoms with van der Waals surface area (Å²) in [5.41, 5.74) is 6.88. The number of anilines is 2. The smallest absolute Gasteiger partial charge is 0.259 e. The van der Waals surface area contributed by atoms with Crippen molar-refractivity contribution in [2.24, 2.45) is 5.10 Å². The van der Waals surface area contributed by atoms with Gasteiger partial charge in [-0.05, 0) is 42.0 Å². The molecule has 0 aromatic heterocycles. The van der Waals surface area contributed by atoms with Crippen molar-refractivity contribution in [3.63, 3.8) is 0 Å². The lowest BCUT2D eigenvalue weighted by Gasteiger charge is -2.23. The molecule has 1 aliphatic rings. The van der Waals surface area contributed by atoms with Crippen LogP contribution in [-0.2, 0) is 10.2 Å². The van der Waals surface area contributed by atoms with Gasteiger partial charge in [0.2, 0.25) is 0 Å². The van der Waals surface area contributed by atoms with Gasteiger partial charge in [-0.3, -0.25) is 4.79 Å². The van der Waals surface area contributed by atoms with Crippen molar-refractivity contribution in [3.8, 4) is 5.75 Å². The van der Waals surface area contributed by atoms with E-state index in [0.29, 0.717) is 0 Å². The molecule has 0 atom stereocenters. The Morgan fingerprint density at radius 3 is 2.57 bits per heavy atom. The zero-order valence-electron chi connectivity index (χ0n) is 16.7. The number of likely N-dealkylation sites (N-methyl/N-ethyl adjacent to an activating group) is 1. The van der Waals surface area contributed by atoms with E-state index >= 15 is 0 Å². The first-order chi connectivity index (χ1) is 13.4. The molecule has 0 fully saturated rings. The molecule has 1 amide bonds. The highest BCUT2D eigenvalue weighted by molar-refractivity contribution is 5.83. The molecule has 3 rings (SSSR count). The molecular formula is C22H26N4O2. The van der Waals surface area contributed by atoms with Crippen LogP contribution in [0.3, 0.4) is 0 Å². The first-order valence-corrected chi connectivity index (χ1v) is 9.17. The number of ether oxygens (including phenoxy) is 1. The van der Waals surface area contributed by atoms with Gasteiger partial charge in [-0.2, -0.15) is 5.10 Å². The van der Waals surface area contributed by atoms with Crippen molar-refractivity contribution in [2.75, 3.05) is 30.9 Å². The summed E-state index contributed by atoms with van der Waals surface area (Å²) in [5, 5.41) is 7.09. The van der Waals surface area contributed by atoms with E-state index in [4.69, 9.17) is 4.74 Å². The van der Waals surface area contributed by atoms with Crippen molar-refractivity contribution >= 4 is 23.5 Å². The lowest BCUT2D eigenvalue weighted by atomic mass is 9.84. The van der Waals surface area contributed by atoms with Gasteiger partial charge in [0.1, 0.15) is 5.75 Å². The minimum absolute atomic E-state index is 0.114. The first kappa shape index (κ1) is 19.5. The summed E-state index contributed by atoms with van der Waals surface area (Å²) in [6.07, 6.45) is 3.57. The highest BCUT2D eigenvalue weighted by Crippen LogP contribution is 2.46. The highest BCUT2D eigenvalue weighted by Gasteiger charge is 2.37. The number of carbonyl (C=O) groups excluding carboxylic acids is 1. The summed E-state index contributed by atoms with van der Waals surface area (Å²) in [5.74, 6) is 0.558. The molecule has 0 saturated heterocycles. The molecular weight excluding hydrogens is 352 g/mol. The van der Waals surface area contributed by atoms with Gasteiger partial charge in [0.25, 0.3) is 5.91 Å². The van der Waals surface area contributed by atoms with Gasteiger partial charge in [0.05, 0.1) is 13.7 Å². The Morgan fingerprint density at radius 1 is 1.18 bits per heavy atom. The van der Waals surface area contributed by atoms with Crippen LogP contribution in [0.25, 0.3) is 0 Å². The summed E-state index contributed by atoms with van der Waals surface area (Å²) in [6, 6.07) is 15.7. The van der Waals surface area contributed by atoms with E-state index in [1.807, 2.05) is 43.5 Å². The number of para-hydroxylation sites is 1. The molecule has 2 N–H and O–H groups in total. The van der Waals surface area contributed by atoms with Crippen molar-refractivity contribution in [2.45, 2.75) is 19.3 Å². The molecule has 28 heavy (non-hydrogen) atoms. The fourth-order valence-corrected chi connectivity index (χ4v) is 3.45. The number of hydrogen-bond donors (Lipinski definition) is 2. The number of hydrogen-bond acceptors (Lipinski definition) is 5. The predicted octanol–water partition coefficient (Wildman–Crippen LogP) is 3.52. The topological polar surface area (TPSA) is 66.0 Å². The molecule has 0 radical (unpaired) electrons. The Hall–Kier alpha value is -3.28. The Labute approximate surface area is 165 Å². The van der Waals surface area contributed by atoms with E-state index in [9.17, 15) is 4.79 Å².